The van der Waals surface area contributed by atoms with Gasteiger partial charge in [0.1, 0.15) is 0 Å². The third kappa shape index (κ3) is 6.24. The minimum Gasteiger partial charge on any atom is -0.491 e. The molecule has 3 rings (SSSR count). The van der Waals surface area contributed by atoms with Gasteiger partial charge in [-0.15, -0.1) is 0 Å². The molecule has 0 amide bonds. The smallest absolute Gasteiger partial charge is 0.491 e. The molecule has 1 aromatic carbocycles. The van der Waals surface area contributed by atoms with Crippen LogP contribution in [0.4, 0.5) is 11.5 Å². The van der Waals surface area contributed by atoms with Crippen LogP contribution in [-0.2, 0) is 0 Å². The van der Waals surface area contributed by atoms with Crippen molar-refractivity contribution < 1.29 is 56.1 Å². The van der Waals surface area contributed by atoms with Crippen molar-refractivity contribution in [2.75, 3.05) is 43.1 Å². The van der Waals surface area contributed by atoms with Crippen LogP contribution < -0.4 is 65.9 Å². The monoisotopic (exact) mass is 421 g/mol. The van der Waals surface area contributed by atoms with Crippen LogP contribution in [-0.4, -0.2) is 43.3 Å². The van der Waals surface area contributed by atoms with Gasteiger partial charge in [0.15, 0.2) is 11.6 Å². The number of allylic oxidation sites excluding steroid dienone is 3. The van der Waals surface area contributed by atoms with Gasteiger partial charge in [-0.25, -0.2) is 23.2 Å². The second kappa shape index (κ2) is 11.9. The molecule has 1 aliphatic heterocycles. The molecule has 0 N–H and O–H groups in total. The first-order valence-electron chi connectivity index (χ1n) is 8.92. The Balaban J connectivity index is 0.00000280. The fraction of sp³-hybridized carbons (Fsp3) is 0.286. The van der Waals surface area contributed by atoms with E-state index >= 15 is 0 Å². The van der Waals surface area contributed by atoms with Gasteiger partial charge in [-0.05, 0) is 30.7 Å². The summed E-state index contributed by atoms with van der Waals surface area (Å²) in [5, 5.41) is 0.756. The maximum atomic E-state index is 6.01. The van der Waals surface area contributed by atoms with Gasteiger partial charge in [0, 0.05) is 36.9 Å². The van der Waals surface area contributed by atoms with E-state index < -0.39 is 0 Å². The van der Waals surface area contributed by atoms with Crippen LogP contribution in [0.1, 0.15) is 12.2 Å². The van der Waals surface area contributed by atoms with E-state index in [9.17, 15) is 0 Å². The normalized spacial score (nSPS) is 14.4. The fourth-order valence-corrected chi connectivity index (χ4v) is 3.20. The summed E-state index contributed by atoms with van der Waals surface area (Å²) in [6, 6.07) is 8.00. The van der Waals surface area contributed by atoms with Crippen LogP contribution in [0, 0.1) is 13.0 Å². The van der Waals surface area contributed by atoms with Crippen LogP contribution in [0.2, 0.25) is 5.02 Å². The average Bonchev–Trinajstić information content (AvgIpc) is 2.95. The summed E-state index contributed by atoms with van der Waals surface area (Å²) in [5.41, 5.74) is 1.19. The largest absolute Gasteiger partial charge is 1.00 e. The van der Waals surface area contributed by atoms with Crippen molar-refractivity contribution >= 4 is 23.1 Å². The second-order valence-electron chi connectivity index (χ2n) is 6.17. The molecule has 0 bridgehead atoms. The van der Waals surface area contributed by atoms with Crippen molar-refractivity contribution in [3.63, 3.8) is 0 Å². The van der Waals surface area contributed by atoms with E-state index in [1.54, 1.807) is 19.4 Å². The molecule has 0 atom stereocenters. The Morgan fingerprint density at radius 2 is 1.86 bits per heavy atom. The molecule has 2 heterocycles. The Kier molecular flexibility index (Phi) is 9.84. The van der Waals surface area contributed by atoms with Gasteiger partial charge in [0.2, 0.25) is 0 Å². The van der Waals surface area contributed by atoms with Crippen molar-refractivity contribution in [3.8, 4) is 5.75 Å². The number of methoxy groups -OCH3 is 1. The zero-order valence-electron chi connectivity index (χ0n) is 16.4. The Labute approximate surface area is 214 Å². The molecule has 28 heavy (non-hydrogen) atoms. The molecule has 1 aromatic heterocycles. The maximum Gasteiger partial charge on any atom is 1.00 e. The van der Waals surface area contributed by atoms with Crippen molar-refractivity contribution in [2.24, 2.45) is 0 Å². The predicted molar refractivity (Wildman–Crippen MR) is 110 cm³/mol. The quantitative estimate of drug-likeness (QED) is 0.395. The van der Waals surface area contributed by atoms with E-state index in [1.165, 1.54) is 11.8 Å². The third-order valence-corrected chi connectivity index (χ3v) is 4.68. The summed E-state index contributed by atoms with van der Waals surface area (Å²) in [6.45, 7) is 9.00. The van der Waals surface area contributed by atoms with Crippen LogP contribution in [0.25, 0.3) is 0 Å². The molecule has 142 valence electrons. The Morgan fingerprint density at radius 3 is 2.57 bits per heavy atom. The zero-order valence-corrected chi connectivity index (χ0v) is 20.3. The van der Waals surface area contributed by atoms with Gasteiger partial charge in [-0.2, -0.15) is 6.42 Å². The van der Waals surface area contributed by atoms with E-state index in [0.29, 0.717) is 11.6 Å². The third-order valence-electron chi connectivity index (χ3n) is 4.43. The van der Waals surface area contributed by atoms with E-state index in [4.69, 9.17) is 22.9 Å². The molecular weight excluding hydrogens is 399 g/mol. The molecule has 1 aliphatic rings. The number of anilines is 2. The van der Waals surface area contributed by atoms with Gasteiger partial charge in [-0.1, -0.05) is 11.6 Å². The molecule has 7 heteroatoms. The van der Waals surface area contributed by atoms with Crippen LogP contribution in [0.3, 0.4) is 0 Å². The second-order valence-corrected chi connectivity index (χ2v) is 6.60. The number of nitrogens with zero attached hydrogens (tertiary/aromatic N) is 4. The standard InChI is InChI=1S/C21H23ClN4O.K/c1-3-4-5-7-20-23-16-19(27-2)21(24-20)26-13-6-12-25(14-15-26)18-10-8-17(22)9-11-18;/h1,3-5,7-11,16H,6,12-15H2,2H3;/q-2;+1/b5-4-;. The minimum atomic E-state index is 0. The first kappa shape index (κ1) is 23.3. The summed E-state index contributed by atoms with van der Waals surface area (Å²) in [5.74, 6) is 2.13. The summed E-state index contributed by atoms with van der Waals surface area (Å²) in [4.78, 5) is 13.6. The summed E-state index contributed by atoms with van der Waals surface area (Å²) >= 11 is 6.01. The Bertz CT molecular complexity index is 797. The molecule has 0 spiro atoms. The number of benzene rings is 1. The van der Waals surface area contributed by atoms with E-state index in [0.717, 1.165) is 43.4 Å². The fourth-order valence-electron chi connectivity index (χ4n) is 3.07. The van der Waals surface area contributed by atoms with Gasteiger partial charge < -0.3 is 14.5 Å². The summed E-state index contributed by atoms with van der Waals surface area (Å²) in [6.07, 6.45) is 9.59. The average molecular weight is 422 g/mol. The molecule has 1 fully saturated rings. The van der Waals surface area contributed by atoms with Crippen molar-refractivity contribution in [3.05, 3.63) is 72.5 Å². The van der Waals surface area contributed by atoms with E-state index in [1.807, 2.05) is 24.6 Å². The van der Waals surface area contributed by atoms with Crippen LogP contribution in [0.5, 0.6) is 5.75 Å². The number of ether oxygens (including phenoxy) is 1. The summed E-state index contributed by atoms with van der Waals surface area (Å²) in [7, 11) is 1.65. The van der Waals surface area contributed by atoms with E-state index in [-0.39, 0.29) is 51.4 Å². The number of rotatable bonds is 6. The van der Waals surface area contributed by atoms with Gasteiger partial charge in [0.05, 0.1) is 19.1 Å². The topological polar surface area (TPSA) is 41.5 Å². The number of hydrogen-bond acceptors (Lipinski definition) is 5. The number of aromatic nitrogens is 2. The number of halogens is 1. The van der Waals surface area contributed by atoms with Gasteiger partial charge in [-0.3, -0.25) is 11.6 Å². The van der Waals surface area contributed by atoms with E-state index in [2.05, 4.69) is 31.9 Å². The maximum absolute atomic E-state index is 6.01. The Morgan fingerprint density at radius 1 is 1.14 bits per heavy atom. The zero-order chi connectivity index (χ0) is 19.1. The summed E-state index contributed by atoms with van der Waals surface area (Å²) < 4.78 is 5.49. The first-order chi connectivity index (χ1) is 13.2. The molecule has 0 saturated carbocycles. The van der Waals surface area contributed by atoms with Gasteiger partial charge in [0.25, 0.3) is 0 Å². The SMILES string of the molecule is [CH-]=C/C=C\[CH-]c1ncc(OC)c(N2CCCN(c3ccc(Cl)cc3)CC2)n1.[K+]. The van der Waals surface area contributed by atoms with Crippen LogP contribution in [0.15, 0.2) is 48.7 Å². The minimum absolute atomic E-state index is 0. The molecule has 5 nitrogen and oxygen atoms in total. The first-order valence-corrected chi connectivity index (χ1v) is 9.30. The predicted octanol–water partition coefficient (Wildman–Crippen LogP) is 0.957. The van der Waals surface area contributed by atoms with Crippen molar-refractivity contribution in [1.29, 1.82) is 0 Å². The molecule has 0 unspecified atom stereocenters. The van der Waals surface area contributed by atoms with Crippen LogP contribution >= 0.6 is 11.6 Å². The van der Waals surface area contributed by atoms with Gasteiger partial charge >= 0.3 is 51.4 Å². The number of hydrogen-bond donors (Lipinski definition) is 0. The van der Waals surface area contributed by atoms with Crippen molar-refractivity contribution in [1.82, 2.24) is 9.97 Å². The molecule has 0 aliphatic carbocycles. The molecular formula is C21H23ClKN4O-. The molecule has 1 saturated heterocycles. The molecule has 0 radical (unpaired) electrons. The van der Waals surface area contributed by atoms with Crippen molar-refractivity contribution in [2.45, 2.75) is 6.42 Å². The molecule has 2 aromatic rings. The Hall–Kier alpha value is -1.02.